The molecule has 1 N–H and O–H groups in total. The van der Waals surface area contributed by atoms with E-state index in [-0.39, 0.29) is 5.82 Å². The van der Waals surface area contributed by atoms with Gasteiger partial charge in [-0.25, -0.2) is 4.39 Å². The van der Waals surface area contributed by atoms with E-state index in [9.17, 15) is 4.39 Å². The van der Waals surface area contributed by atoms with Gasteiger partial charge < -0.3 is 10.1 Å². The van der Waals surface area contributed by atoms with Crippen molar-refractivity contribution in [1.29, 1.82) is 0 Å². The van der Waals surface area contributed by atoms with Crippen LogP contribution in [-0.2, 0) is 6.54 Å². The van der Waals surface area contributed by atoms with E-state index in [1.807, 2.05) is 6.92 Å². The molecule has 1 aromatic rings. The van der Waals surface area contributed by atoms with Gasteiger partial charge >= 0.3 is 0 Å². The molecular weight excluding hydrogens is 299 g/mol. The van der Waals surface area contributed by atoms with Gasteiger partial charge in [0, 0.05) is 42.8 Å². The molecule has 3 nitrogen and oxygen atoms in total. The Morgan fingerprint density at radius 2 is 2.11 bits per heavy atom. The summed E-state index contributed by atoms with van der Waals surface area (Å²) in [6, 6.07) is 1.47. The highest BCUT2D eigenvalue weighted by Crippen LogP contribution is 2.32. The fourth-order valence-corrected chi connectivity index (χ4v) is 2.69. The second-order valence-electron chi connectivity index (χ2n) is 4.50. The summed E-state index contributed by atoms with van der Waals surface area (Å²) in [5.74, 6) is 0.0642. The molecule has 1 aromatic carbocycles. The Hall–Kier alpha value is -0.650. The van der Waals surface area contributed by atoms with Crippen LogP contribution in [0.3, 0.4) is 0 Å². The molecule has 100 valence electrons. The highest BCUT2D eigenvalue weighted by atomic mass is 79.9. The first-order valence-electron chi connectivity index (χ1n) is 6.08. The second-order valence-corrected chi connectivity index (χ2v) is 5.36. The molecule has 18 heavy (non-hydrogen) atoms. The molecule has 0 unspecified atom stereocenters. The van der Waals surface area contributed by atoms with Crippen LogP contribution in [0.5, 0.6) is 5.75 Å². The maximum Gasteiger partial charge on any atom is 0.166 e. The summed E-state index contributed by atoms with van der Waals surface area (Å²) in [6.45, 7) is 6.65. The van der Waals surface area contributed by atoms with E-state index >= 15 is 0 Å². The smallest absolute Gasteiger partial charge is 0.166 e. The summed E-state index contributed by atoms with van der Waals surface area (Å²) < 4.78 is 19.9. The number of hydrogen-bond donors (Lipinski definition) is 1. The van der Waals surface area contributed by atoms with E-state index in [4.69, 9.17) is 4.74 Å². The second kappa shape index (κ2) is 5.99. The fraction of sp³-hybridized carbons (Fsp3) is 0.538. The molecule has 0 bridgehead atoms. The van der Waals surface area contributed by atoms with Crippen molar-refractivity contribution < 1.29 is 9.13 Å². The number of halogens is 2. The van der Waals surface area contributed by atoms with Gasteiger partial charge in [-0.2, -0.15) is 0 Å². The van der Waals surface area contributed by atoms with E-state index in [1.165, 1.54) is 13.2 Å². The third kappa shape index (κ3) is 2.84. The molecule has 1 heterocycles. The molecule has 0 saturated carbocycles. The van der Waals surface area contributed by atoms with Gasteiger partial charge in [-0.1, -0.05) is 15.9 Å². The molecule has 5 heteroatoms. The van der Waals surface area contributed by atoms with Gasteiger partial charge in [-0.05, 0) is 18.6 Å². The largest absolute Gasteiger partial charge is 0.493 e. The third-order valence-electron chi connectivity index (χ3n) is 3.35. The Morgan fingerprint density at radius 3 is 2.72 bits per heavy atom. The molecular formula is C13H18BrFN2O. The zero-order valence-electron chi connectivity index (χ0n) is 10.7. The molecule has 0 amide bonds. The molecule has 0 atom stereocenters. The monoisotopic (exact) mass is 316 g/mol. The number of methoxy groups -OCH3 is 1. The Labute approximate surface area is 115 Å². The van der Waals surface area contributed by atoms with Gasteiger partial charge in [0.1, 0.15) is 0 Å². The van der Waals surface area contributed by atoms with Crippen molar-refractivity contribution in [3.05, 3.63) is 27.5 Å². The minimum absolute atomic E-state index is 0.305. The minimum Gasteiger partial charge on any atom is -0.493 e. The highest BCUT2D eigenvalue weighted by Gasteiger charge is 2.19. The van der Waals surface area contributed by atoms with Crippen molar-refractivity contribution in [3.8, 4) is 5.75 Å². The van der Waals surface area contributed by atoms with Crippen LogP contribution < -0.4 is 10.1 Å². The average Bonchev–Trinajstić information content (AvgIpc) is 2.37. The fourth-order valence-electron chi connectivity index (χ4n) is 2.25. The molecule has 0 aromatic heterocycles. The molecule has 0 radical (unpaired) electrons. The standard InChI is InChI=1S/C13H18BrFN2O/c1-9-10(8-17-5-3-16-4-6-17)13(18-2)12(15)7-11(9)14/h7,16H,3-6,8H2,1-2H3. The van der Waals surface area contributed by atoms with Crippen LogP contribution in [0.2, 0.25) is 0 Å². The SMILES string of the molecule is COc1c(F)cc(Br)c(C)c1CN1CCNCC1. The summed E-state index contributed by atoms with van der Waals surface area (Å²) in [7, 11) is 1.52. The molecule has 1 fully saturated rings. The maximum absolute atomic E-state index is 13.9. The van der Waals surface area contributed by atoms with Gasteiger partial charge in [-0.3, -0.25) is 4.90 Å². The number of benzene rings is 1. The molecule has 0 spiro atoms. The first-order chi connectivity index (χ1) is 8.63. The average molecular weight is 317 g/mol. The van der Waals surface area contributed by atoms with Gasteiger partial charge in [0.2, 0.25) is 0 Å². The lowest BCUT2D eigenvalue weighted by Crippen LogP contribution is -2.43. The summed E-state index contributed by atoms with van der Waals surface area (Å²) in [6.07, 6.45) is 0. The van der Waals surface area contributed by atoms with Crippen LogP contribution in [-0.4, -0.2) is 38.2 Å². The van der Waals surface area contributed by atoms with E-state index in [1.54, 1.807) is 0 Å². The summed E-state index contributed by atoms with van der Waals surface area (Å²) in [5, 5.41) is 3.31. The van der Waals surface area contributed by atoms with Crippen LogP contribution in [0, 0.1) is 12.7 Å². The Balaban J connectivity index is 2.29. The predicted octanol–water partition coefficient (Wildman–Crippen LogP) is 2.31. The Bertz CT molecular complexity index is 433. The Morgan fingerprint density at radius 1 is 1.44 bits per heavy atom. The normalized spacial score (nSPS) is 16.9. The molecule has 2 rings (SSSR count). The summed E-state index contributed by atoms with van der Waals surface area (Å²) >= 11 is 3.40. The predicted molar refractivity (Wildman–Crippen MR) is 73.5 cm³/mol. The van der Waals surface area contributed by atoms with E-state index in [2.05, 4.69) is 26.1 Å². The molecule has 1 aliphatic rings. The van der Waals surface area contributed by atoms with Crippen molar-refractivity contribution >= 4 is 15.9 Å². The number of rotatable bonds is 3. The first kappa shape index (κ1) is 13.8. The first-order valence-corrected chi connectivity index (χ1v) is 6.87. The van der Waals surface area contributed by atoms with Gasteiger partial charge in [0.25, 0.3) is 0 Å². The lowest BCUT2D eigenvalue weighted by molar-refractivity contribution is 0.228. The van der Waals surface area contributed by atoms with Gasteiger partial charge in [0.05, 0.1) is 7.11 Å². The Kier molecular flexibility index (Phi) is 4.59. The number of hydrogen-bond acceptors (Lipinski definition) is 3. The van der Waals surface area contributed by atoms with Crippen LogP contribution in [0.1, 0.15) is 11.1 Å². The summed E-state index contributed by atoms with van der Waals surface area (Å²) in [5.41, 5.74) is 1.98. The van der Waals surface area contributed by atoms with E-state index in [0.29, 0.717) is 5.75 Å². The lowest BCUT2D eigenvalue weighted by Gasteiger charge is -2.28. The van der Waals surface area contributed by atoms with E-state index < -0.39 is 0 Å². The van der Waals surface area contributed by atoms with Crippen molar-refractivity contribution in [1.82, 2.24) is 10.2 Å². The van der Waals surface area contributed by atoms with Crippen LogP contribution in [0.4, 0.5) is 4.39 Å². The van der Waals surface area contributed by atoms with Crippen LogP contribution in [0.15, 0.2) is 10.5 Å². The van der Waals surface area contributed by atoms with Crippen LogP contribution in [0.25, 0.3) is 0 Å². The number of nitrogens with one attached hydrogen (secondary N) is 1. The molecule has 1 saturated heterocycles. The van der Waals surface area contributed by atoms with Crippen molar-refractivity contribution in [2.75, 3.05) is 33.3 Å². The number of ether oxygens (including phenoxy) is 1. The van der Waals surface area contributed by atoms with Crippen molar-refractivity contribution in [3.63, 3.8) is 0 Å². The molecule has 1 aliphatic heterocycles. The minimum atomic E-state index is -0.305. The van der Waals surface area contributed by atoms with Gasteiger partial charge in [0.15, 0.2) is 11.6 Å². The topological polar surface area (TPSA) is 24.5 Å². The van der Waals surface area contributed by atoms with Gasteiger partial charge in [-0.15, -0.1) is 0 Å². The third-order valence-corrected chi connectivity index (χ3v) is 4.17. The van der Waals surface area contributed by atoms with E-state index in [0.717, 1.165) is 48.3 Å². The van der Waals surface area contributed by atoms with Crippen molar-refractivity contribution in [2.24, 2.45) is 0 Å². The van der Waals surface area contributed by atoms with Crippen LogP contribution >= 0.6 is 15.9 Å². The summed E-state index contributed by atoms with van der Waals surface area (Å²) in [4.78, 5) is 2.31. The zero-order valence-corrected chi connectivity index (χ0v) is 12.3. The number of nitrogens with zero attached hydrogens (tertiary/aromatic N) is 1. The number of piperazine rings is 1. The van der Waals surface area contributed by atoms with Crippen molar-refractivity contribution in [2.45, 2.75) is 13.5 Å². The lowest BCUT2D eigenvalue weighted by atomic mass is 10.1. The highest BCUT2D eigenvalue weighted by molar-refractivity contribution is 9.10. The maximum atomic E-state index is 13.9. The quantitative estimate of drug-likeness (QED) is 0.926. The molecule has 0 aliphatic carbocycles. The zero-order chi connectivity index (χ0) is 13.1.